The maximum atomic E-state index is 13.0. The molecule has 0 aliphatic carbocycles. The predicted molar refractivity (Wildman–Crippen MR) is 112 cm³/mol. The highest BCUT2D eigenvalue weighted by atomic mass is 32.2. The van der Waals surface area contributed by atoms with Crippen LogP contribution >= 0.6 is 0 Å². The Labute approximate surface area is 170 Å². The monoisotopic (exact) mass is 405 g/mol. The summed E-state index contributed by atoms with van der Waals surface area (Å²) in [6, 6.07) is 23.2. The van der Waals surface area contributed by atoms with E-state index in [2.05, 4.69) is 5.32 Å². The topological polar surface area (TPSA) is 90.3 Å². The van der Waals surface area contributed by atoms with E-state index < -0.39 is 10.0 Å². The maximum Gasteiger partial charge on any atom is 0.264 e. The Morgan fingerprint density at radius 1 is 1.00 bits per heavy atom. The molecule has 1 N–H and O–H groups in total. The molecule has 0 bridgehead atoms. The van der Waals surface area contributed by atoms with Gasteiger partial charge in [0.25, 0.3) is 15.9 Å². The van der Waals surface area contributed by atoms with Gasteiger partial charge >= 0.3 is 0 Å². The number of carbonyl (C=O) groups excluding carboxylic acids is 1. The Balaban J connectivity index is 1.81. The third-order valence-electron chi connectivity index (χ3n) is 4.29. The zero-order chi connectivity index (χ0) is 20.9. The van der Waals surface area contributed by atoms with E-state index in [1.165, 1.54) is 28.6 Å². The molecule has 0 spiro atoms. The summed E-state index contributed by atoms with van der Waals surface area (Å²) in [4.78, 5) is 12.5. The van der Waals surface area contributed by atoms with Gasteiger partial charge in [-0.1, -0.05) is 24.3 Å². The first kappa shape index (κ1) is 20.1. The quantitative estimate of drug-likeness (QED) is 0.670. The molecule has 0 heterocycles. The van der Waals surface area contributed by atoms with Crippen LogP contribution in [0, 0.1) is 11.3 Å². The summed E-state index contributed by atoms with van der Waals surface area (Å²) in [5.74, 6) is -0.389. The van der Waals surface area contributed by atoms with E-state index in [1.807, 2.05) is 12.1 Å². The number of anilines is 2. The molecule has 29 heavy (non-hydrogen) atoms. The van der Waals surface area contributed by atoms with Crippen LogP contribution in [0.3, 0.4) is 0 Å². The molecule has 1 amide bonds. The number of sulfonamides is 1. The fraction of sp³-hybridized carbons (Fsp3) is 0.0909. The number of hydrogen-bond donors (Lipinski definition) is 1. The van der Waals surface area contributed by atoms with Crippen LogP contribution in [0.25, 0.3) is 0 Å². The van der Waals surface area contributed by atoms with Crippen molar-refractivity contribution in [3.05, 3.63) is 90.0 Å². The minimum Gasteiger partial charge on any atom is -0.322 e. The number of benzene rings is 3. The summed E-state index contributed by atoms with van der Waals surface area (Å²) in [7, 11) is -3.75. The zero-order valence-corrected chi connectivity index (χ0v) is 16.6. The molecule has 0 aromatic heterocycles. The largest absolute Gasteiger partial charge is 0.322 e. The number of rotatable bonds is 6. The van der Waals surface area contributed by atoms with Gasteiger partial charge in [0.15, 0.2) is 0 Å². The molecule has 3 aromatic rings. The normalized spacial score (nSPS) is 10.8. The molecule has 0 fully saturated rings. The molecule has 0 saturated heterocycles. The van der Waals surface area contributed by atoms with Gasteiger partial charge in [-0.05, 0) is 61.5 Å². The van der Waals surface area contributed by atoms with Gasteiger partial charge in [0.05, 0.1) is 22.2 Å². The first-order valence-electron chi connectivity index (χ1n) is 8.95. The molecular formula is C22H19N3O3S. The van der Waals surface area contributed by atoms with E-state index in [9.17, 15) is 13.2 Å². The Bertz CT molecular complexity index is 1150. The lowest BCUT2D eigenvalue weighted by atomic mass is 10.2. The molecular weight excluding hydrogens is 386 g/mol. The Kier molecular flexibility index (Phi) is 5.96. The summed E-state index contributed by atoms with van der Waals surface area (Å²) in [5, 5.41) is 11.6. The highest BCUT2D eigenvalue weighted by Gasteiger charge is 2.23. The number of amides is 1. The van der Waals surface area contributed by atoms with Crippen LogP contribution in [0.5, 0.6) is 0 Å². The molecule has 0 unspecified atom stereocenters. The van der Waals surface area contributed by atoms with E-state index in [4.69, 9.17) is 5.26 Å². The van der Waals surface area contributed by atoms with E-state index >= 15 is 0 Å². The van der Waals surface area contributed by atoms with Gasteiger partial charge in [-0.3, -0.25) is 9.10 Å². The van der Waals surface area contributed by atoms with Crippen LogP contribution in [0.2, 0.25) is 0 Å². The van der Waals surface area contributed by atoms with Crippen LogP contribution in [0.15, 0.2) is 83.8 Å². The third kappa shape index (κ3) is 4.45. The second kappa shape index (κ2) is 8.59. The van der Waals surface area contributed by atoms with Gasteiger partial charge in [0.2, 0.25) is 0 Å². The van der Waals surface area contributed by atoms with E-state index in [1.54, 1.807) is 55.5 Å². The van der Waals surface area contributed by atoms with Crippen molar-refractivity contribution in [3.8, 4) is 6.07 Å². The summed E-state index contributed by atoms with van der Waals surface area (Å²) in [6.45, 7) is 2.05. The third-order valence-corrected chi connectivity index (χ3v) is 6.20. The first-order chi connectivity index (χ1) is 14.0. The average molecular weight is 405 g/mol. The second-order valence-corrected chi connectivity index (χ2v) is 8.04. The Hall–Kier alpha value is -3.63. The highest BCUT2D eigenvalue weighted by molar-refractivity contribution is 7.92. The van der Waals surface area contributed by atoms with Gasteiger partial charge < -0.3 is 5.32 Å². The molecule has 3 rings (SSSR count). The minimum atomic E-state index is -3.75. The molecule has 6 nitrogen and oxygen atoms in total. The van der Waals surface area contributed by atoms with Crippen LogP contribution in [-0.2, 0) is 10.0 Å². The molecule has 3 aromatic carbocycles. The molecule has 0 atom stereocenters. The van der Waals surface area contributed by atoms with E-state index in [0.29, 0.717) is 22.5 Å². The number of nitrogens with one attached hydrogen (secondary N) is 1. The van der Waals surface area contributed by atoms with Gasteiger partial charge in [-0.15, -0.1) is 0 Å². The number of nitrogens with zero attached hydrogens (tertiary/aromatic N) is 2. The number of para-hydroxylation sites is 1. The van der Waals surface area contributed by atoms with Gasteiger partial charge in [-0.25, -0.2) is 8.42 Å². The summed E-state index contributed by atoms with van der Waals surface area (Å²) >= 11 is 0. The minimum absolute atomic E-state index is 0.103. The average Bonchev–Trinajstić information content (AvgIpc) is 2.75. The van der Waals surface area contributed by atoms with Gasteiger partial charge in [0.1, 0.15) is 0 Å². The van der Waals surface area contributed by atoms with Crippen molar-refractivity contribution in [1.82, 2.24) is 0 Å². The molecule has 0 saturated carbocycles. The van der Waals surface area contributed by atoms with Crippen LogP contribution in [-0.4, -0.2) is 20.9 Å². The molecule has 7 heteroatoms. The van der Waals surface area contributed by atoms with Crippen molar-refractivity contribution in [2.75, 3.05) is 16.2 Å². The van der Waals surface area contributed by atoms with Crippen molar-refractivity contribution in [2.45, 2.75) is 11.8 Å². The van der Waals surface area contributed by atoms with Crippen molar-refractivity contribution < 1.29 is 13.2 Å². The van der Waals surface area contributed by atoms with Crippen LogP contribution in [0.4, 0.5) is 11.4 Å². The maximum absolute atomic E-state index is 13.0. The van der Waals surface area contributed by atoms with Gasteiger partial charge in [-0.2, -0.15) is 5.26 Å². The predicted octanol–water partition coefficient (Wildman–Crippen LogP) is 4.03. The molecule has 146 valence electrons. The van der Waals surface area contributed by atoms with Crippen LogP contribution in [0.1, 0.15) is 22.8 Å². The van der Waals surface area contributed by atoms with E-state index in [-0.39, 0.29) is 17.3 Å². The van der Waals surface area contributed by atoms with Crippen molar-refractivity contribution in [1.29, 1.82) is 5.26 Å². The smallest absolute Gasteiger partial charge is 0.264 e. The fourth-order valence-corrected chi connectivity index (χ4v) is 4.33. The lowest BCUT2D eigenvalue weighted by Gasteiger charge is -2.23. The number of nitriles is 1. The van der Waals surface area contributed by atoms with Crippen molar-refractivity contribution in [2.24, 2.45) is 0 Å². The molecule has 0 aliphatic rings. The zero-order valence-electron chi connectivity index (χ0n) is 15.7. The van der Waals surface area contributed by atoms with E-state index in [0.717, 1.165) is 0 Å². The second-order valence-electron chi connectivity index (χ2n) is 6.18. The fourth-order valence-electron chi connectivity index (χ4n) is 2.86. The van der Waals surface area contributed by atoms with Crippen molar-refractivity contribution in [3.63, 3.8) is 0 Å². The SMILES string of the molecule is CCN(c1ccccc1)S(=O)(=O)c1ccc(C(=O)Nc2cccc(C#N)c2)cc1. The van der Waals surface area contributed by atoms with Crippen molar-refractivity contribution >= 4 is 27.3 Å². The van der Waals surface area contributed by atoms with Gasteiger partial charge in [0, 0.05) is 17.8 Å². The van der Waals surface area contributed by atoms with Crippen LogP contribution < -0.4 is 9.62 Å². The highest BCUT2D eigenvalue weighted by Crippen LogP contribution is 2.23. The first-order valence-corrected chi connectivity index (χ1v) is 10.4. The molecule has 0 aliphatic heterocycles. The Morgan fingerprint density at radius 3 is 2.31 bits per heavy atom. The summed E-state index contributed by atoms with van der Waals surface area (Å²) in [5.41, 5.74) is 1.82. The summed E-state index contributed by atoms with van der Waals surface area (Å²) in [6.07, 6.45) is 0. The lowest BCUT2D eigenvalue weighted by Crippen LogP contribution is -2.30. The summed E-state index contributed by atoms with van der Waals surface area (Å²) < 4.78 is 27.3. The number of carbonyl (C=O) groups is 1. The Morgan fingerprint density at radius 2 is 1.69 bits per heavy atom. The number of hydrogen-bond acceptors (Lipinski definition) is 4. The standard InChI is InChI=1S/C22H19N3O3S/c1-2-25(20-9-4-3-5-10-20)29(27,28)21-13-11-18(12-14-21)22(26)24-19-8-6-7-17(15-19)16-23/h3-15H,2H2,1H3,(H,24,26). The molecule has 0 radical (unpaired) electrons. The lowest BCUT2D eigenvalue weighted by molar-refractivity contribution is 0.102.